The lowest BCUT2D eigenvalue weighted by molar-refractivity contribution is -0.124. The number of nitrogens with one attached hydrogen (secondary N) is 1. The normalized spacial score (nSPS) is 11.1. The summed E-state index contributed by atoms with van der Waals surface area (Å²) in [7, 11) is 0. The van der Waals surface area contributed by atoms with Gasteiger partial charge in [0.25, 0.3) is 5.91 Å². The molecule has 0 saturated carbocycles. The first-order valence-electron chi connectivity index (χ1n) is 7.77. The summed E-state index contributed by atoms with van der Waals surface area (Å²) in [6.45, 7) is -0.379. The van der Waals surface area contributed by atoms with E-state index in [1.807, 2.05) is 0 Å². The highest BCUT2D eigenvalue weighted by Gasteiger charge is 2.29. The van der Waals surface area contributed by atoms with Crippen LogP contribution in [0.25, 0.3) is 0 Å². The average molecular weight is 401 g/mol. The van der Waals surface area contributed by atoms with E-state index in [1.54, 1.807) is 18.2 Å². The molecule has 0 unspecified atom stereocenters. The Balaban J connectivity index is 1.74. The van der Waals surface area contributed by atoms with Gasteiger partial charge in [-0.2, -0.15) is 13.2 Å². The SMILES string of the molecule is O=C(COC(=O)c1ccc(SC(F)(F)F)cc1)NCCc1ccccc1F. The smallest absolute Gasteiger partial charge is 0.446 e. The first-order valence-corrected chi connectivity index (χ1v) is 8.59. The van der Waals surface area contributed by atoms with Gasteiger partial charge in [0, 0.05) is 11.4 Å². The van der Waals surface area contributed by atoms with E-state index >= 15 is 0 Å². The second-order valence-corrected chi connectivity index (χ2v) is 6.48. The average Bonchev–Trinajstić information content (AvgIpc) is 2.60. The Morgan fingerprint density at radius 1 is 1.04 bits per heavy atom. The van der Waals surface area contributed by atoms with Gasteiger partial charge in [-0.15, -0.1) is 0 Å². The number of carbonyl (C=O) groups excluding carboxylic acids is 2. The van der Waals surface area contributed by atoms with E-state index in [0.29, 0.717) is 5.56 Å². The molecular formula is C18H15F4NO3S. The van der Waals surface area contributed by atoms with Crippen molar-refractivity contribution in [1.29, 1.82) is 0 Å². The topological polar surface area (TPSA) is 55.4 Å². The van der Waals surface area contributed by atoms with E-state index in [2.05, 4.69) is 5.32 Å². The molecule has 1 amide bonds. The number of hydrogen-bond acceptors (Lipinski definition) is 4. The van der Waals surface area contributed by atoms with Crippen molar-refractivity contribution in [2.24, 2.45) is 0 Å². The van der Waals surface area contributed by atoms with Crippen LogP contribution in [-0.2, 0) is 16.0 Å². The number of ether oxygens (including phenoxy) is 1. The van der Waals surface area contributed by atoms with Crippen molar-refractivity contribution in [3.05, 3.63) is 65.5 Å². The zero-order valence-corrected chi connectivity index (χ0v) is 14.7. The summed E-state index contributed by atoms with van der Waals surface area (Å²) in [5.74, 6) is -1.77. The van der Waals surface area contributed by atoms with Crippen molar-refractivity contribution in [2.75, 3.05) is 13.2 Å². The van der Waals surface area contributed by atoms with Gasteiger partial charge in [-0.1, -0.05) is 18.2 Å². The van der Waals surface area contributed by atoms with Crippen LogP contribution in [0.1, 0.15) is 15.9 Å². The number of thioether (sulfide) groups is 1. The summed E-state index contributed by atoms with van der Waals surface area (Å²) >= 11 is -0.295. The summed E-state index contributed by atoms with van der Waals surface area (Å²) in [4.78, 5) is 23.4. The maximum Gasteiger partial charge on any atom is 0.446 e. The van der Waals surface area contributed by atoms with Crippen molar-refractivity contribution in [1.82, 2.24) is 5.32 Å². The molecule has 9 heteroatoms. The maximum absolute atomic E-state index is 13.4. The number of carbonyl (C=O) groups is 2. The molecule has 0 saturated heterocycles. The van der Waals surface area contributed by atoms with Crippen molar-refractivity contribution < 1.29 is 31.9 Å². The van der Waals surface area contributed by atoms with Crippen LogP contribution in [0.2, 0.25) is 0 Å². The fraction of sp³-hybridized carbons (Fsp3) is 0.222. The Hall–Kier alpha value is -2.55. The molecule has 0 atom stereocenters. The predicted molar refractivity (Wildman–Crippen MR) is 91.8 cm³/mol. The highest BCUT2D eigenvalue weighted by Crippen LogP contribution is 2.36. The van der Waals surface area contributed by atoms with Crippen LogP contribution < -0.4 is 5.32 Å². The Labute approximate surface area is 156 Å². The largest absolute Gasteiger partial charge is 0.452 e. The zero-order valence-electron chi connectivity index (χ0n) is 13.9. The van der Waals surface area contributed by atoms with E-state index in [1.165, 1.54) is 18.2 Å². The minimum atomic E-state index is -4.41. The summed E-state index contributed by atoms with van der Waals surface area (Å²) in [6.07, 6.45) is 0.282. The number of halogens is 4. The molecule has 2 rings (SSSR count). The third kappa shape index (κ3) is 7.30. The quantitative estimate of drug-likeness (QED) is 0.434. The van der Waals surface area contributed by atoms with Crippen molar-refractivity contribution in [3.63, 3.8) is 0 Å². The van der Waals surface area contributed by atoms with Crippen molar-refractivity contribution >= 4 is 23.6 Å². The van der Waals surface area contributed by atoms with Crippen LogP contribution >= 0.6 is 11.8 Å². The van der Waals surface area contributed by atoms with Crippen LogP contribution in [0.3, 0.4) is 0 Å². The molecule has 1 N–H and O–H groups in total. The van der Waals surface area contributed by atoms with Gasteiger partial charge in [0.1, 0.15) is 5.82 Å². The Kier molecular flexibility index (Phi) is 7.23. The minimum absolute atomic E-state index is 0.0284. The number of hydrogen-bond donors (Lipinski definition) is 1. The molecule has 144 valence electrons. The van der Waals surface area contributed by atoms with Crippen LogP contribution in [0.15, 0.2) is 53.4 Å². The molecule has 0 bridgehead atoms. The lowest BCUT2D eigenvalue weighted by Gasteiger charge is -2.08. The second-order valence-electron chi connectivity index (χ2n) is 5.34. The summed E-state index contributed by atoms with van der Waals surface area (Å²) in [5, 5.41) is 2.49. The molecule has 0 spiro atoms. The Bertz CT molecular complexity index is 794. The van der Waals surface area contributed by atoms with Gasteiger partial charge in [-0.05, 0) is 54.1 Å². The first kappa shape index (κ1) is 20.8. The molecule has 0 aliphatic heterocycles. The molecule has 0 heterocycles. The molecule has 2 aromatic carbocycles. The van der Waals surface area contributed by atoms with E-state index < -0.39 is 24.0 Å². The summed E-state index contributed by atoms with van der Waals surface area (Å²) in [5.41, 5.74) is -3.93. The lowest BCUT2D eigenvalue weighted by Crippen LogP contribution is -2.30. The molecular weight excluding hydrogens is 386 g/mol. The minimum Gasteiger partial charge on any atom is -0.452 e. The van der Waals surface area contributed by atoms with Gasteiger partial charge in [-0.3, -0.25) is 4.79 Å². The standard InChI is InChI=1S/C18H15F4NO3S/c19-15-4-2-1-3-12(15)9-10-23-16(24)11-26-17(25)13-5-7-14(8-6-13)27-18(20,21)22/h1-8H,9-11H2,(H,23,24). The fourth-order valence-electron chi connectivity index (χ4n) is 2.10. The number of rotatable bonds is 7. The fourth-order valence-corrected chi connectivity index (χ4v) is 2.64. The summed E-state index contributed by atoms with van der Waals surface area (Å²) in [6, 6.07) is 10.8. The van der Waals surface area contributed by atoms with Gasteiger partial charge in [0.15, 0.2) is 6.61 Å². The number of amides is 1. The van der Waals surface area contributed by atoms with Gasteiger partial charge in [0.05, 0.1) is 5.56 Å². The Morgan fingerprint density at radius 3 is 2.33 bits per heavy atom. The molecule has 0 aromatic heterocycles. The first-order chi connectivity index (χ1) is 12.7. The van der Waals surface area contributed by atoms with Gasteiger partial charge in [0.2, 0.25) is 0 Å². The monoisotopic (exact) mass is 401 g/mol. The molecule has 0 aliphatic carbocycles. The Morgan fingerprint density at radius 2 is 1.70 bits per heavy atom. The number of benzene rings is 2. The van der Waals surface area contributed by atoms with Crippen LogP contribution in [-0.4, -0.2) is 30.5 Å². The number of esters is 1. The molecule has 0 aliphatic rings. The van der Waals surface area contributed by atoms with Crippen molar-refractivity contribution in [2.45, 2.75) is 16.8 Å². The van der Waals surface area contributed by atoms with E-state index in [0.717, 1.165) is 12.1 Å². The zero-order chi connectivity index (χ0) is 19.9. The highest BCUT2D eigenvalue weighted by atomic mass is 32.2. The molecule has 2 aromatic rings. The van der Waals surface area contributed by atoms with Crippen LogP contribution in [0, 0.1) is 5.82 Å². The third-order valence-electron chi connectivity index (χ3n) is 3.33. The van der Waals surface area contributed by atoms with Gasteiger partial charge in [-0.25, -0.2) is 9.18 Å². The number of alkyl halides is 3. The molecule has 0 radical (unpaired) electrons. The molecule has 4 nitrogen and oxygen atoms in total. The molecule has 27 heavy (non-hydrogen) atoms. The van der Waals surface area contributed by atoms with Crippen LogP contribution in [0.4, 0.5) is 17.6 Å². The third-order valence-corrected chi connectivity index (χ3v) is 4.07. The molecule has 0 fully saturated rings. The lowest BCUT2D eigenvalue weighted by atomic mass is 10.1. The highest BCUT2D eigenvalue weighted by molar-refractivity contribution is 8.00. The van der Waals surface area contributed by atoms with E-state index in [4.69, 9.17) is 4.74 Å². The predicted octanol–water partition coefficient (Wildman–Crippen LogP) is 3.95. The van der Waals surface area contributed by atoms with E-state index in [-0.39, 0.29) is 41.0 Å². The van der Waals surface area contributed by atoms with Gasteiger partial charge >= 0.3 is 11.5 Å². The van der Waals surface area contributed by atoms with Crippen LogP contribution in [0.5, 0.6) is 0 Å². The van der Waals surface area contributed by atoms with Gasteiger partial charge < -0.3 is 10.1 Å². The van der Waals surface area contributed by atoms with E-state index in [9.17, 15) is 27.2 Å². The second kappa shape index (κ2) is 9.40. The summed E-state index contributed by atoms with van der Waals surface area (Å²) < 4.78 is 55.0. The maximum atomic E-state index is 13.4. The van der Waals surface area contributed by atoms with Crippen molar-refractivity contribution in [3.8, 4) is 0 Å².